The lowest BCUT2D eigenvalue weighted by molar-refractivity contribution is -0.137. The smallest absolute Gasteiger partial charge is 0.328 e. The third-order valence-electron chi connectivity index (χ3n) is 2.51. The Kier molecular flexibility index (Phi) is 4.71. The van der Waals surface area contributed by atoms with Crippen LogP contribution in [-0.2, 0) is 4.79 Å². The molecule has 1 atom stereocenters. The Hall–Kier alpha value is -2.28. The quantitative estimate of drug-likeness (QED) is 0.565. The van der Waals surface area contributed by atoms with Gasteiger partial charge in [0.05, 0.1) is 21.3 Å². The number of methoxy groups -OCH3 is 3. The van der Waals surface area contributed by atoms with Crippen molar-refractivity contribution in [1.82, 2.24) is 0 Å². The highest BCUT2D eigenvalue weighted by molar-refractivity contribution is 6.14. The minimum Gasteiger partial charge on any atom is -0.496 e. The summed E-state index contributed by atoms with van der Waals surface area (Å²) in [7, 11) is 4.13. The number of hydrogen-bond donors (Lipinski definition) is 2. The maximum absolute atomic E-state index is 12.0. The Labute approximate surface area is 109 Å². The van der Waals surface area contributed by atoms with Crippen molar-refractivity contribution in [3.8, 4) is 17.2 Å². The highest BCUT2D eigenvalue weighted by atomic mass is 16.5. The van der Waals surface area contributed by atoms with Crippen LogP contribution >= 0.6 is 0 Å². The average Bonchev–Trinajstić information content (AvgIpc) is 2.43. The van der Waals surface area contributed by atoms with Crippen molar-refractivity contribution in [2.24, 2.45) is 5.73 Å². The van der Waals surface area contributed by atoms with E-state index in [9.17, 15) is 9.59 Å². The molecule has 0 radical (unpaired) electrons. The molecule has 0 aliphatic carbocycles. The fourth-order valence-corrected chi connectivity index (χ4v) is 1.52. The number of carboxylic acids is 1. The van der Waals surface area contributed by atoms with Gasteiger partial charge in [-0.3, -0.25) is 9.59 Å². The van der Waals surface area contributed by atoms with Crippen molar-refractivity contribution in [2.45, 2.75) is 6.04 Å². The van der Waals surface area contributed by atoms with Gasteiger partial charge in [0.1, 0.15) is 22.8 Å². The molecular formula is C12H15NO6. The zero-order valence-electron chi connectivity index (χ0n) is 10.8. The maximum atomic E-state index is 12.0. The van der Waals surface area contributed by atoms with Crippen LogP contribution in [0.4, 0.5) is 0 Å². The third kappa shape index (κ3) is 2.94. The van der Waals surface area contributed by atoms with Crippen LogP contribution in [-0.4, -0.2) is 44.2 Å². The number of carboxylic acid groups (broad SMARTS) is 1. The van der Waals surface area contributed by atoms with E-state index in [-0.39, 0.29) is 17.1 Å². The lowest BCUT2D eigenvalue weighted by atomic mass is 10.0. The summed E-state index contributed by atoms with van der Waals surface area (Å²) in [4.78, 5) is 22.8. The van der Waals surface area contributed by atoms with Crippen LogP contribution in [0.3, 0.4) is 0 Å². The van der Waals surface area contributed by atoms with Gasteiger partial charge in [-0.05, 0) is 0 Å². The first-order valence-electron chi connectivity index (χ1n) is 5.28. The Morgan fingerprint density at radius 1 is 1.11 bits per heavy atom. The minimum absolute atomic E-state index is 0.0271. The summed E-state index contributed by atoms with van der Waals surface area (Å²) in [5, 5.41) is 8.79. The van der Waals surface area contributed by atoms with Gasteiger partial charge < -0.3 is 25.1 Å². The molecule has 1 unspecified atom stereocenters. The predicted molar refractivity (Wildman–Crippen MR) is 66.0 cm³/mol. The third-order valence-corrected chi connectivity index (χ3v) is 2.51. The number of hydrogen-bond acceptors (Lipinski definition) is 6. The van der Waals surface area contributed by atoms with Crippen LogP contribution in [0.2, 0.25) is 0 Å². The van der Waals surface area contributed by atoms with Gasteiger partial charge in [-0.15, -0.1) is 0 Å². The molecule has 0 saturated heterocycles. The predicted octanol–water partition coefficient (Wildman–Crippen LogP) is 0.307. The van der Waals surface area contributed by atoms with E-state index in [4.69, 9.17) is 25.1 Å². The SMILES string of the molecule is COc1cc(OC)c(C(=O)C(N)C(=O)O)c(OC)c1. The fourth-order valence-electron chi connectivity index (χ4n) is 1.52. The molecule has 0 aliphatic rings. The monoisotopic (exact) mass is 269 g/mol. The average molecular weight is 269 g/mol. The number of carbonyl (C=O) groups is 2. The van der Waals surface area contributed by atoms with Gasteiger partial charge in [0, 0.05) is 12.1 Å². The maximum Gasteiger partial charge on any atom is 0.328 e. The number of ketones is 1. The van der Waals surface area contributed by atoms with Crippen molar-refractivity contribution in [2.75, 3.05) is 21.3 Å². The second-order valence-corrected chi connectivity index (χ2v) is 3.59. The zero-order valence-corrected chi connectivity index (χ0v) is 10.8. The van der Waals surface area contributed by atoms with Crippen LogP contribution in [0.25, 0.3) is 0 Å². The van der Waals surface area contributed by atoms with Gasteiger partial charge in [0.2, 0.25) is 0 Å². The highest BCUT2D eigenvalue weighted by Crippen LogP contribution is 2.34. The summed E-state index contributed by atoms with van der Waals surface area (Å²) >= 11 is 0. The number of rotatable bonds is 6. The number of carbonyl (C=O) groups excluding carboxylic acids is 1. The number of benzene rings is 1. The van der Waals surface area contributed by atoms with Crippen molar-refractivity contribution in [3.05, 3.63) is 17.7 Å². The van der Waals surface area contributed by atoms with E-state index in [0.29, 0.717) is 5.75 Å². The first-order valence-corrected chi connectivity index (χ1v) is 5.28. The summed E-state index contributed by atoms with van der Waals surface area (Å²) in [5.41, 5.74) is 5.29. The van der Waals surface area contributed by atoms with Gasteiger partial charge in [-0.2, -0.15) is 0 Å². The largest absolute Gasteiger partial charge is 0.496 e. The molecule has 3 N–H and O–H groups in total. The summed E-state index contributed by atoms with van der Waals surface area (Å²) < 4.78 is 15.1. The van der Waals surface area contributed by atoms with Crippen LogP contribution < -0.4 is 19.9 Å². The van der Waals surface area contributed by atoms with Gasteiger partial charge in [-0.1, -0.05) is 0 Å². The summed E-state index contributed by atoms with van der Waals surface area (Å²) in [5.74, 6) is -1.54. The summed E-state index contributed by atoms with van der Waals surface area (Å²) in [6.45, 7) is 0. The zero-order chi connectivity index (χ0) is 14.6. The second kappa shape index (κ2) is 6.05. The van der Waals surface area contributed by atoms with E-state index in [1.54, 1.807) is 0 Å². The lowest BCUT2D eigenvalue weighted by Crippen LogP contribution is -2.38. The molecule has 19 heavy (non-hydrogen) atoms. The van der Waals surface area contributed by atoms with Crippen molar-refractivity contribution < 1.29 is 28.9 Å². The van der Waals surface area contributed by atoms with E-state index in [1.807, 2.05) is 0 Å². The first-order chi connectivity index (χ1) is 8.96. The molecule has 0 bridgehead atoms. The topological polar surface area (TPSA) is 108 Å². The van der Waals surface area contributed by atoms with Crippen LogP contribution in [0.15, 0.2) is 12.1 Å². The van der Waals surface area contributed by atoms with Crippen molar-refractivity contribution >= 4 is 11.8 Å². The standard InChI is InChI=1S/C12H15NO6/c1-17-6-4-7(18-2)9(8(5-6)19-3)11(14)10(13)12(15)16/h4-5,10H,13H2,1-3H3,(H,15,16). The van der Waals surface area contributed by atoms with Crippen molar-refractivity contribution in [1.29, 1.82) is 0 Å². The number of Topliss-reactive ketones (excluding diaryl/α,β-unsaturated/α-hetero) is 1. The molecule has 0 aliphatic heterocycles. The molecule has 7 nitrogen and oxygen atoms in total. The molecular weight excluding hydrogens is 254 g/mol. The Morgan fingerprint density at radius 2 is 1.58 bits per heavy atom. The molecule has 0 fully saturated rings. The molecule has 0 saturated carbocycles. The molecule has 0 amide bonds. The summed E-state index contributed by atoms with van der Waals surface area (Å²) in [6, 6.07) is 1.21. The molecule has 104 valence electrons. The lowest BCUT2D eigenvalue weighted by Gasteiger charge is -2.15. The minimum atomic E-state index is -1.68. The number of aliphatic carboxylic acids is 1. The molecule has 0 aromatic heterocycles. The molecule has 0 heterocycles. The van der Waals surface area contributed by atoms with E-state index in [2.05, 4.69) is 0 Å². The molecule has 1 rings (SSSR count). The van der Waals surface area contributed by atoms with Crippen molar-refractivity contribution in [3.63, 3.8) is 0 Å². The Balaban J connectivity index is 3.39. The van der Waals surface area contributed by atoms with Crippen LogP contribution in [0.5, 0.6) is 17.2 Å². The normalized spacial score (nSPS) is 11.6. The van der Waals surface area contributed by atoms with Gasteiger partial charge in [-0.25, -0.2) is 0 Å². The van der Waals surface area contributed by atoms with Crippen LogP contribution in [0, 0.1) is 0 Å². The van der Waals surface area contributed by atoms with E-state index in [0.717, 1.165) is 0 Å². The second-order valence-electron chi connectivity index (χ2n) is 3.59. The molecule has 0 spiro atoms. The highest BCUT2D eigenvalue weighted by Gasteiger charge is 2.29. The fraction of sp³-hybridized carbons (Fsp3) is 0.333. The van der Waals surface area contributed by atoms with Crippen LogP contribution in [0.1, 0.15) is 10.4 Å². The van der Waals surface area contributed by atoms with E-state index >= 15 is 0 Å². The van der Waals surface area contributed by atoms with E-state index in [1.165, 1.54) is 33.5 Å². The number of nitrogens with two attached hydrogens (primary N) is 1. The van der Waals surface area contributed by atoms with Gasteiger partial charge >= 0.3 is 5.97 Å². The molecule has 7 heteroatoms. The Bertz CT molecular complexity index is 474. The summed E-state index contributed by atoms with van der Waals surface area (Å²) in [6.07, 6.45) is 0. The molecule has 1 aromatic carbocycles. The molecule has 1 aromatic rings. The number of ether oxygens (including phenoxy) is 3. The van der Waals surface area contributed by atoms with Gasteiger partial charge in [0.15, 0.2) is 11.8 Å². The van der Waals surface area contributed by atoms with Gasteiger partial charge in [0.25, 0.3) is 0 Å². The first kappa shape index (κ1) is 14.8. The van der Waals surface area contributed by atoms with E-state index < -0.39 is 17.8 Å². The Morgan fingerprint density at radius 3 is 1.89 bits per heavy atom.